The van der Waals surface area contributed by atoms with E-state index in [0.717, 1.165) is 27.8 Å². The fourth-order valence-electron chi connectivity index (χ4n) is 2.37. The summed E-state index contributed by atoms with van der Waals surface area (Å²) in [4.78, 5) is 16.5. The highest BCUT2D eigenvalue weighted by molar-refractivity contribution is 7.82. The highest BCUT2D eigenvalue weighted by Crippen LogP contribution is 2.36. The van der Waals surface area contributed by atoms with E-state index in [2.05, 4.69) is 23.1 Å². The van der Waals surface area contributed by atoms with Crippen LogP contribution in [0.3, 0.4) is 0 Å². The van der Waals surface area contributed by atoms with Gasteiger partial charge >= 0.3 is 6.03 Å². The maximum atomic E-state index is 12.1. The lowest BCUT2D eigenvalue weighted by atomic mass is 10.0. The Hall–Kier alpha value is -1.99. The van der Waals surface area contributed by atoms with Crippen molar-refractivity contribution in [3.05, 3.63) is 29.5 Å². The second kappa shape index (κ2) is 6.85. The van der Waals surface area contributed by atoms with Gasteiger partial charge in [0.15, 0.2) is 0 Å². The van der Waals surface area contributed by atoms with E-state index < -0.39 is 0 Å². The van der Waals surface area contributed by atoms with Gasteiger partial charge in [-0.25, -0.2) is 9.10 Å². The summed E-state index contributed by atoms with van der Waals surface area (Å²) in [7, 11) is 1.61. The van der Waals surface area contributed by atoms with Crippen LogP contribution < -0.4 is 20.1 Å². The van der Waals surface area contributed by atoms with Gasteiger partial charge in [0.2, 0.25) is 0 Å². The van der Waals surface area contributed by atoms with Gasteiger partial charge < -0.3 is 15.8 Å². The average molecular weight is 320 g/mol. The summed E-state index contributed by atoms with van der Waals surface area (Å²) in [5.41, 5.74) is 8.76. The van der Waals surface area contributed by atoms with Crippen LogP contribution in [0.1, 0.15) is 11.1 Å². The SMILES string of the molecule is COc1ccnc2c(C)cc(N(S)C(=O)NCCN)c(C)c12. The van der Waals surface area contributed by atoms with E-state index in [9.17, 15) is 4.79 Å². The minimum absolute atomic E-state index is 0.321. The Morgan fingerprint density at radius 2 is 2.23 bits per heavy atom. The van der Waals surface area contributed by atoms with Crippen molar-refractivity contribution in [2.45, 2.75) is 13.8 Å². The van der Waals surface area contributed by atoms with Crippen LogP contribution >= 0.6 is 12.8 Å². The molecule has 1 aromatic heterocycles. The molecule has 0 aliphatic heterocycles. The van der Waals surface area contributed by atoms with E-state index in [1.807, 2.05) is 19.9 Å². The van der Waals surface area contributed by atoms with Gasteiger partial charge in [-0.1, -0.05) is 12.8 Å². The van der Waals surface area contributed by atoms with Gasteiger partial charge in [-0.15, -0.1) is 0 Å². The first-order chi connectivity index (χ1) is 10.5. The van der Waals surface area contributed by atoms with Gasteiger partial charge in [0.1, 0.15) is 5.75 Å². The summed E-state index contributed by atoms with van der Waals surface area (Å²) in [6.07, 6.45) is 1.71. The summed E-state index contributed by atoms with van der Waals surface area (Å²) in [6, 6.07) is 3.37. The molecule has 7 heteroatoms. The number of rotatable bonds is 4. The third-order valence-electron chi connectivity index (χ3n) is 3.46. The molecule has 118 valence electrons. The molecule has 0 atom stereocenters. The van der Waals surface area contributed by atoms with Crippen LogP contribution in [0.15, 0.2) is 18.3 Å². The Bertz CT molecular complexity index is 705. The quantitative estimate of drug-likeness (QED) is 0.754. The number of carbonyl (C=O) groups is 1. The maximum absolute atomic E-state index is 12.1. The van der Waals surface area contributed by atoms with Crippen molar-refractivity contribution in [2.75, 3.05) is 24.5 Å². The molecule has 22 heavy (non-hydrogen) atoms. The van der Waals surface area contributed by atoms with Crippen LogP contribution in [0, 0.1) is 13.8 Å². The standard InChI is InChI=1S/C15H20N4O2S/c1-9-8-11(19(22)15(20)18-7-5-16)10(2)13-12(21-3)4-6-17-14(9)13/h4,6,8,22H,5,7,16H2,1-3H3,(H,18,20). The molecule has 0 spiro atoms. The number of thiol groups is 1. The number of anilines is 1. The van der Waals surface area contributed by atoms with Crippen molar-refractivity contribution in [1.82, 2.24) is 10.3 Å². The molecule has 6 nitrogen and oxygen atoms in total. The molecule has 0 saturated carbocycles. The van der Waals surface area contributed by atoms with Crippen LogP contribution in [-0.4, -0.2) is 31.2 Å². The summed E-state index contributed by atoms with van der Waals surface area (Å²) in [5.74, 6) is 0.719. The van der Waals surface area contributed by atoms with Gasteiger partial charge in [-0.2, -0.15) is 0 Å². The Morgan fingerprint density at radius 1 is 1.50 bits per heavy atom. The molecule has 2 aromatic rings. The number of aryl methyl sites for hydroxylation is 2. The zero-order valence-electron chi connectivity index (χ0n) is 12.9. The van der Waals surface area contributed by atoms with E-state index in [1.54, 1.807) is 19.4 Å². The van der Waals surface area contributed by atoms with Crippen LogP contribution in [0.2, 0.25) is 0 Å². The molecule has 0 unspecified atom stereocenters. The fourth-order valence-corrected chi connectivity index (χ4v) is 2.65. The van der Waals surface area contributed by atoms with Crippen LogP contribution in [-0.2, 0) is 0 Å². The molecule has 2 rings (SSSR count). The molecule has 1 aromatic carbocycles. The first-order valence-corrected chi connectivity index (χ1v) is 7.31. The zero-order valence-corrected chi connectivity index (χ0v) is 13.8. The number of hydrogen-bond acceptors (Lipinski definition) is 5. The summed E-state index contributed by atoms with van der Waals surface area (Å²) < 4.78 is 6.70. The number of benzene rings is 1. The van der Waals surface area contributed by atoms with Crippen molar-refractivity contribution in [2.24, 2.45) is 5.73 Å². The lowest BCUT2D eigenvalue weighted by Crippen LogP contribution is -2.37. The second-order valence-electron chi connectivity index (χ2n) is 4.91. The largest absolute Gasteiger partial charge is 0.496 e. The minimum atomic E-state index is -0.321. The molecule has 3 N–H and O–H groups in total. The highest BCUT2D eigenvalue weighted by Gasteiger charge is 2.19. The van der Waals surface area contributed by atoms with Gasteiger partial charge in [0, 0.05) is 24.7 Å². The molecule has 0 aliphatic rings. The smallest absolute Gasteiger partial charge is 0.331 e. The number of fused-ring (bicyclic) bond motifs is 1. The Kier molecular flexibility index (Phi) is 5.10. The first kappa shape index (κ1) is 16.4. The van der Waals surface area contributed by atoms with Gasteiger partial charge in [-0.3, -0.25) is 4.98 Å². The lowest BCUT2D eigenvalue weighted by Gasteiger charge is -2.21. The van der Waals surface area contributed by atoms with Crippen LogP contribution in [0.5, 0.6) is 5.75 Å². The van der Waals surface area contributed by atoms with Crippen molar-refractivity contribution < 1.29 is 9.53 Å². The molecule has 0 aliphatic carbocycles. The molecule has 0 bridgehead atoms. The normalized spacial score (nSPS) is 10.6. The van der Waals surface area contributed by atoms with E-state index in [4.69, 9.17) is 10.5 Å². The lowest BCUT2D eigenvalue weighted by molar-refractivity contribution is 0.250. The third kappa shape index (κ3) is 2.95. The summed E-state index contributed by atoms with van der Waals surface area (Å²) >= 11 is 4.31. The Morgan fingerprint density at radius 3 is 2.86 bits per heavy atom. The number of hydrogen-bond donors (Lipinski definition) is 3. The number of aromatic nitrogens is 1. The predicted octanol–water partition coefficient (Wildman–Crippen LogP) is 2.18. The molecular weight excluding hydrogens is 300 g/mol. The van der Waals surface area contributed by atoms with Gasteiger partial charge in [0.25, 0.3) is 0 Å². The molecule has 0 radical (unpaired) electrons. The van der Waals surface area contributed by atoms with Crippen molar-refractivity contribution >= 4 is 35.4 Å². The van der Waals surface area contributed by atoms with Crippen molar-refractivity contribution in [3.63, 3.8) is 0 Å². The Labute approximate surface area is 135 Å². The molecule has 0 fully saturated rings. The number of pyridine rings is 1. The maximum Gasteiger partial charge on any atom is 0.331 e. The van der Waals surface area contributed by atoms with Gasteiger partial charge in [0.05, 0.1) is 18.3 Å². The number of amides is 2. The van der Waals surface area contributed by atoms with Crippen molar-refractivity contribution in [3.8, 4) is 5.75 Å². The summed E-state index contributed by atoms with van der Waals surface area (Å²) in [6.45, 7) is 4.63. The molecule has 2 amide bonds. The molecule has 0 saturated heterocycles. The highest BCUT2D eigenvalue weighted by atomic mass is 32.1. The molecule has 1 heterocycles. The van der Waals surface area contributed by atoms with Crippen molar-refractivity contribution in [1.29, 1.82) is 0 Å². The monoisotopic (exact) mass is 320 g/mol. The van der Waals surface area contributed by atoms with Gasteiger partial charge in [-0.05, 0) is 37.1 Å². The average Bonchev–Trinajstić information content (AvgIpc) is 2.54. The number of methoxy groups -OCH3 is 1. The third-order valence-corrected chi connectivity index (χ3v) is 3.86. The van der Waals surface area contributed by atoms with E-state index >= 15 is 0 Å². The number of carbonyl (C=O) groups excluding carboxylic acids is 1. The van der Waals surface area contributed by atoms with E-state index in [1.165, 1.54) is 4.31 Å². The fraction of sp³-hybridized carbons (Fsp3) is 0.333. The number of nitrogens with two attached hydrogens (primary N) is 1. The molecular formula is C15H20N4O2S. The minimum Gasteiger partial charge on any atom is -0.496 e. The number of nitrogens with zero attached hydrogens (tertiary/aromatic N) is 2. The van der Waals surface area contributed by atoms with Crippen LogP contribution in [0.25, 0.3) is 10.9 Å². The van der Waals surface area contributed by atoms with Crippen LogP contribution in [0.4, 0.5) is 10.5 Å². The Balaban J connectivity index is 2.56. The number of nitrogens with one attached hydrogen (secondary N) is 1. The van der Waals surface area contributed by atoms with E-state index in [0.29, 0.717) is 18.8 Å². The number of ether oxygens (including phenoxy) is 1. The second-order valence-corrected chi connectivity index (χ2v) is 5.31. The topological polar surface area (TPSA) is 80.5 Å². The van der Waals surface area contributed by atoms with E-state index in [-0.39, 0.29) is 6.03 Å². The number of urea groups is 1. The zero-order chi connectivity index (χ0) is 16.3. The first-order valence-electron chi connectivity index (χ1n) is 6.91. The predicted molar refractivity (Wildman–Crippen MR) is 91.7 cm³/mol. The summed E-state index contributed by atoms with van der Waals surface area (Å²) in [5, 5.41) is 3.57.